The molecule has 0 fully saturated rings. The molecule has 20 heavy (non-hydrogen) atoms. The van der Waals surface area contributed by atoms with Crippen molar-refractivity contribution in [2.24, 2.45) is 0 Å². The topological polar surface area (TPSA) is 68.0 Å². The Bertz CT molecular complexity index is 457. The Morgan fingerprint density at radius 1 is 1.25 bits per heavy atom. The summed E-state index contributed by atoms with van der Waals surface area (Å²) < 4.78 is 0. The summed E-state index contributed by atoms with van der Waals surface area (Å²) >= 11 is 0. The quantitative estimate of drug-likeness (QED) is 0.836. The normalized spacial score (nSPS) is 11.7. The van der Waals surface area contributed by atoms with Crippen molar-refractivity contribution in [2.45, 2.75) is 65.3 Å². The van der Waals surface area contributed by atoms with Gasteiger partial charge in [0.15, 0.2) is 0 Å². The van der Waals surface area contributed by atoms with Crippen LogP contribution in [0, 0.1) is 0 Å². The van der Waals surface area contributed by atoms with E-state index in [-0.39, 0.29) is 17.4 Å². The molecule has 112 valence electrons. The van der Waals surface area contributed by atoms with Gasteiger partial charge in [-0.25, -0.2) is 4.98 Å². The highest BCUT2D eigenvalue weighted by molar-refractivity contribution is 5.95. The van der Waals surface area contributed by atoms with E-state index in [4.69, 9.17) is 5.73 Å². The first-order valence-electron chi connectivity index (χ1n) is 7.47. The van der Waals surface area contributed by atoms with Gasteiger partial charge in [-0.2, -0.15) is 0 Å². The second kappa shape index (κ2) is 6.73. The number of nitrogens with two attached hydrogens (primary N) is 1. The maximum Gasteiger partial charge on any atom is 0.251 e. The lowest BCUT2D eigenvalue weighted by atomic mass is 9.89. The number of pyridine rings is 1. The summed E-state index contributed by atoms with van der Waals surface area (Å²) in [5.41, 5.74) is 7.12. The van der Waals surface area contributed by atoms with Gasteiger partial charge in [0.1, 0.15) is 5.82 Å². The minimum atomic E-state index is -0.132. The highest BCUT2D eigenvalue weighted by Crippen LogP contribution is 2.21. The Hall–Kier alpha value is -1.58. The number of hydrogen-bond donors (Lipinski definition) is 2. The number of carbonyl (C=O) groups excluding carboxylic acids is 1. The summed E-state index contributed by atoms with van der Waals surface area (Å²) in [7, 11) is 0. The molecular formula is C16H27N3O. The van der Waals surface area contributed by atoms with Crippen molar-refractivity contribution in [3.63, 3.8) is 0 Å². The Kier molecular flexibility index (Phi) is 5.54. The third-order valence-corrected chi connectivity index (χ3v) is 4.13. The lowest BCUT2D eigenvalue weighted by molar-refractivity contribution is 0.0888. The van der Waals surface area contributed by atoms with Gasteiger partial charge in [-0.1, -0.05) is 34.6 Å². The van der Waals surface area contributed by atoms with E-state index in [9.17, 15) is 4.79 Å². The van der Waals surface area contributed by atoms with E-state index in [0.29, 0.717) is 11.4 Å². The minimum absolute atomic E-state index is 0.0634. The Labute approximate surface area is 122 Å². The molecule has 4 nitrogen and oxygen atoms in total. The second-order valence-corrected chi connectivity index (χ2v) is 5.66. The van der Waals surface area contributed by atoms with Crippen LogP contribution >= 0.6 is 0 Å². The largest absolute Gasteiger partial charge is 0.384 e. The fourth-order valence-electron chi connectivity index (χ4n) is 2.33. The number of nitrogens with one attached hydrogen (secondary N) is 1. The molecule has 0 aromatic carbocycles. The van der Waals surface area contributed by atoms with E-state index in [1.165, 1.54) is 0 Å². The molecule has 3 N–H and O–H groups in total. The van der Waals surface area contributed by atoms with E-state index in [1.54, 1.807) is 6.07 Å². The monoisotopic (exact) mass is 277 g/mol. The second-order valence-electron chi connectivity index (χ2n) is 5.66. The number of amides is 1. The summed E-state index contributed by atoms with van der Waals surface area (Å²) in [5, 5.41) is 3.17. The predicted molar refractivity (Wildman–Crippen MR) is 83.8 cm³/mol. The first-order chi connectivity index (χ1) is 9.37. The molecular weight excluding hydrogens is 250 g/mol. The molecule has 1 rings (SSSR count). The van der Waals surface area contributed by atoms with Crippen molar-refractivity contribution in [1.82, 2.24) is 10.3 Å². The molecule has 1 amide bonds. The van der Waals surface area contributed by atoms with Crippen molar-refractivity contribution in [2.75, 3.05) is 5.73 Å². The van der Waals surface area contributed by atoms with Crippen LogP contribution in [0.1, 0.15) is 75.9 Å². The summed E-state index contributed by atoms with van der Waals surface area (Å²) in [5.74, 6) is 0.585. The highest BCUT2D eigenvalue weighted by Gasteiger charge is 2.26. The van der Waals surface area contributed by atoms with Gasteiger partial charge in [0, 0.05) is 16.8 Å². The first kappa shape index (κ1) is 16.5. The van der Waals surface area contributed by atoms with E-state index < -0.39 is 0 Å². The molecule has 0 saturated heterocycles. The van der Waals surface area contributed by atoms with Crippen LogP contribution in [0.5, 0.6) is 0 Å². The van der Waals surface area contributed by atoms with Crippen molar-refractivity contribution >= 4 is 11.7 Å². The van der Waals surface area contributed by atoms with Crippen LogP contribution in [0.25, 0.3) is 0 Å². The van der Waals surface area contributed by atoms with E-state index in [1.807, 2.05) is 19.9 Å². The molecule has 1 aromatic heterocycles. The molecule has 0 atom stereocenters. The maximum absolute atomic E-state index is 12.5. The fourth-order valence-corrected chi connectivity index (χ4v) is 2.33. The third-order valence-electron chi connectivity index (χ3n) is 4.13. The molecule has 4 heteroatoms. The number of aromatic nitrogens is 1. The van der Waals surface area contributed by atoms with Crippen molar-refractivity contribution in [3.05, 3.63) is 23.4 Å². The van der Waals surface area contributed by atoms with Crippen molar-refractivity contribution in [3.8, 4) is 0 Å². The summed E-state index contributed by atoms with van der Waals surface area (Å²) in [6.45, 7) is 10.4. The van der Waals surface area contributed by atoms with Gasteiger partial charge < -0.3 is 11.1 Å². The number of rotatable bonds is 6. The zero-order chi connectivity index (χ0) is 15.3. The average Bonchev–Trinajstić information content (AvgIpc) is 2.44. The Balaban J connectivity index is 3.03. The van der Waals surface area contributed by atoms with Gasteiger partial charge in [0.25, 0.3) is 5.91 Å². The van der Waals surface area contributed by atoms with Gasteiger partial charge in [-0.3, -0.25) is 4.79 Å². The lowest BCUT2D eigenvalue weighted by Gasteiger charge is -2.32. The van der Waals surface area contributed by atoms with Crippen LogP contribution in [-0.4, -0.2) is 16.4 Å². The average molecular weight is 277 g/mol. The van der Waals surface area contributed by atoms with Crippen molar-refractivity contribution in [1.29, 1.82) is 0 Å². The molecule has 1 aromatic rings. The SMILES string of the molecule is CCC(CC)(CC)NC(=O)c1cc(N)nc(C(C)C)c1. The first-order valence-corrected chi connectivity index (χ1v) is 7.47. The zero-order valence-corrected chi connectivity index (χ0v) is 13.3. The van der Waals surface area contributed by atoms with Gasteiger partial charge in [0.2, 0.25) is 0 Å². The smallest absolute Gasteiger partial charge is 0.251 e. The van der Waals surface area contributed by atoms with Crippen LogP contribution in [0.4, 0.5) is 5.82 Å². The van der Waals surface area contributed by atoms with Gasteiger partial charge in [0.05, 0.1) is 0 Å². The van der Waals surface area contributed by atoms with Crippen LogP contribution in [0.3, 0.4) is 0 Å². The molecule has 0 aliphatic rings. The molecule has 0 aliphatic heterocycles. The van der Waals surface area contributed by atoms with Gasteiger partial charge in [-0.05, 0) is 37.3 Å². The fraction of sp³-hybridized carbons (Fsp3) is 0.625. The summed E-state index contributed by atoms with van der Waals surface area (Å²) in [6.07, 6.45) is 2.76. The van der Waals surface area contributed by atoms with Crippen molar-refractivity contribution < 1.29 is 4.79 Å². The number of anilines is 1. The number of carbonyl (C=O) groups is 1. The van der Waals surface area contributed by atoms with E-state index >= 15 is 0 Å². The number of nitrogens with zero attached hydrogens (tertiary/aromatic N) is 1. The predicted octanol–water partition coefficient (Wildman–Crippen LogP) is 3.49. The zero-order valence-electron chi connectivity index (χ0n) is 13.3. The molecule has 0 saturated carbocycles. The van der Waals surface area contributed by atoms with E-state index in [2.05, 4.69) is 31.1 Å². The Morgan fingerprint density at radius 2 is 1.80 bits per heavy atom. The van der Waals surface area contributed by atoms with E-state index in [0.717, 1.165) is 25.0 Å². The maximum atomic E-state index is 12.5. The lowest BCUT2D eigenvalue weighted by Crippen LogP contribution is -2.47. The van der Waals surface area contributed by atoms with Gasteiger partial charge >= 0.3 is 0 Å². The van der Waals surface area contributed by atoms with Crippen LogP contribution < -0.4 is 11.1 Å². The standard InChI is InChI=1S/C16H27N3O/c1-6-16(7-2,8-3)19-15(20)12-9-13(11(4)5)18-14(17)10-12/h9-11H,6-8H2,1-5H3,(H2,17,18)(H,19,20). The highest BCUT2D eigenvalue weighted by atomic mass is 16.1. The molecule has 0 aliphatic carbocycles. The molecule has 0 bridgehead atoms. The molecule has 1 heterocycles. The number of nitrogen functional groups attached to an aromatic ring is 1. The van der Waals surface area contributed by atoms with Crippen LogP contribution in [0.2, 0.25) is 0 Å². The molecule has 0 radical (unpaired) electrons. The minimum Gasteiger partial charge on any atom is -0.384 e. The van der Waals surface area contributed by atoms with Crippen LogP contribution in [0.15, 0.2) is 12.1 Å². The van der Waals surface area contributed by atoms with Gasteiger partial charge in [-0.15, -0.1) is 0 Å². The number of hydrogen-bond acceptors (Lipinski definition) is 3. The third kappa shape index (κ3) is 3.71. The molecule has 0 unspecified atom stereocenters. The Morgan fingerprint density at radius 3 is 2.25 bits per heavy atom. The molecule has 0 spiro atoms. The summed E-state index contributed by atoms with van der Waals surface area (Å²) in [4.78, 5) is 16.7. The van der Waals surface area contributed by atoms with Crippen LogP contribution in [-0.2, 0) is 0 Å². The summed E-state index contributed by atoms with van der Waals surface area (Å²) in [6, 6.07) is 3.48.